The van der Waals surface area contributed by atoms with Gasteiger partial charge in [-0.25, -0.2) is 4.98 Å². The Balaban J connectivity index is 1.61. The van der Waals surface area contributed by atoms with Crippen molar-refractivity contribution in [2.75, 3.05) is 32.7 Å². The van der Waals surface area contributed by atoms with Gasteiger partial charge in [-0.3, -0.25) is 9.80 Å². The number of rotatable bonds is 4. The Kier molecular flexibility index (Phi) is 3.87. The summed E-state index contributed by atoms with van der Waals surface area (Å²) < 4.78 is 1.26. The summed E-state index contributed by atoms with van der Waals surface area (Å²) in [5, 5.41) is 1.19. The summed E-state index contributed by atoms with van der Waals surface area (Å²) in [5.41, 5.74) is 1.10. The summed E-state index contributed by atoms with van der Waals surface area (Å²) in [6, 6.07) is 8.28. The number of benzene rings is 1. The average molecular weight is 275 g/mol. The molecular formula is C14H17N3OS. The molecule has 1 aromatic heterocycles. The van der Waals surface area contributed by atoms with E-state index in [-0.39, 0.29) is 0 Å². The van der Waals surface area contributed by atoms with Crippen molar-refractivity contribution in [3.05, 3.63) is 29.3 Å². The van der Waals surface area contributed by atoms with Crippen LogP contribution in [0.1, 0.15) is 5.01 Å². The zero-order chi connectivity index (χ0) is 13.1. The van der Waals surface area contributed by atoms with E-state index >= 15 is 0 Å². The number of hydrogen-bond acceptors (Lipinski definition) is 5. The smallest absolute Gasteiger partial charge is 0.133 e. The molecular weight excluding hydrogens is 258 g/mol. The lowest BCUT2D eigenvalue weighted by Gasteiger charge is -2.33. The highest BCUT2D eigenvalue weighted by Crippen LogP contribution is 2.22. The first kappa shape index (κ1) is 12.7. The van der Waals surface area contributed by atoms with Crippen molar-refractivity contribution < 1.29 is 4.79 Å². The summed E-state index contributed by atoms with van der Waals surface area (Å²) in [4.78, 5) is 19.8. The van der Waals surface area contributed by atoms with E-state index in [1.807, 2.05) is 6.07 Å². The molecule has 4 nitrogen and oxygen atoms in total. The minimum atomic E-state index is 0.564. The Labute approximate surface area is 116 Å². The Bertz CT molecular complexity index is 528. The van der Waals surface area contributed by atoms with Crippen molar-refractivity contribution in [3.8, 4) is 0 Å². The molecule has 2 heterocycles. The number of nitrogens with zero attached hydrogens (tertiary/aromatic N) is 3. The summed E-state index contributed by atoms with van der Waals surface area (Å²) in [6.45, 7) is 5.48. The molecule has 3 rings (SSSR count). The van der Waals surface area contributed by atoms with Crippen LogP contribution in [0.5, 0.6) is 0 Å². The van der Waals surface area contributed by atoms with E-state index in [9.17, 15) is 4.79 Å². The quantitative estimate of drug-likeness (QED) is 0.794. The maximum absolute atomic E-state index is 10.5. The molecule has 1 aliphatic heterocycles. The lowest BCUT2D eigenvalue weighted by molar-refractivity contribution is -0.109. The summed E-state index contributed by atoms with van der Waals surface area (Å²) >= 11 is 1.78. The molecule has 0 unspecified atom stereocenters. The number of hydrogen-bond donors (Lipinski definition) is 0. The highest BCUT2D eigenvalue weighted by atomic mass is 32.1. The lowest BCUT2D eigenvalue weighted by Crippen LogP contribution is -2.46. The van der Waals surface area contributed by atoms with Crippen molar-refractivity contribution in [1.82, 2.24) is 14.8 Å². The monoisotopic (exact) mass is 275 g/mol. The van der Waals surface area contributed by atoms with Crippen molar-refractivity contribution in [1.29, 1.82) is 0 Å². The van der Waals surface area contributed by atoms with Gasteiger partial charge >= 0.3 is 0 Å². The Morgan fingerprint density at radius 2 is 1.89 bits per heavy atom. The van der Waals surface area contributed by atoms with Crippen LogP contribution in [0.25, 0.3) is 10.2 Å². The number of fused-ring (bicyclic) bond motifs is 1. The number of thiazole rings is 1. The Hall–Kier alpha value is -1.30. The van der Waals surface area contributed by atoms with Crippen LogP contribution in [0, 0.1) is 0 Å². The van der Waals surface area contributed by atoms with Gasteiger partial charge in [0.25, 0.3) is 0 Å². The van der Waals surface area contributed by atoms with Gasteiger partial charge in [-0.15, -0.1) is 11.3 Å². The van der Waals surface area contributed by atoms with Crippen molar-refractivity contribution >= 4 is 27.8 Å². The molecule has 0 spiro atoms. The number of aldehydes is 1. The molecule has 0 aliphatic carbocycles. The summed E-state index contributed by atoms with van der Waals surface area (Å²) in [6.07, 6.45) is 0.989. The van der Waals surface area contributed by atoms with E-state index < -0.39 is 0 Å². The van der Waals surface area contributed by atoms with Crippen molar-refractivity contribution in [2.24, 2.45) is 0 Å². The molecule has 1 aliphatic rings. The SMILES string of the molecule is O=CCN1CCN(Cc2nc3ccccc3s2)CC1. The molecule has 0 radical (unpaired) electrons. The third-order valence-electron chi connectivity index (χ3n) is 3.49. The fourth-order valence-corrected chi connectivity index (χ4v) is 3.42. The van der Waals surface area contributed by atoms with Crippen LogP contribution in [0.4, 0.5) is 0 Å². The molecule has 0 N–H and O–H groups in total. The topological polar surface area (TPSA) is 36.4 Å². The average Bonchev–Trinajstić information content (AvgIpc) is 2.83. The van der Waals surface area contributed by atoms with Crippen LogP contribution in [0.2, 0.25) is 0 Å². The molecule has 0 atom stereocenters. The highest BCUT2D eigenvalue weighted by Gasteiger charge is 2.17. The largest absolute Gasteiger partial charge is 0.302 e. The number of para-hydroxylation sites is 1. The van der Waals surface area contributed by atoms with Crippen LogP contribution in [-0.2, 0) is 11.3 Å². The number of aromatic nitrogens is 1. The zero-order valence-electron chi connectivity index (χ0n) is 10.8. The molecule has 0 bridgehead atoms. The van der Waals surface area contributed by atoms with Crippen LogP contribution < -0.4 is 0 Å². The minimum Gasteiger partial charge on any atom is -0.302 e. The van der Waals surface area contributed by atoms with Gasteiger partial charge in [0.15, 0.2) is 0 Å². The molecule has 100 valence electrons. The van der Waals surface area contributed by atoms with Gasteiger partial charge in [-0.1, -0.05) is 12.1 Å². The first-order chi connectivity index (χ1) is 9.35. The van der Waals surface area contributed by atoms with E-state index in [0.29, 0.717) is 6.54 Å². The molecule has 1 fully saturated rings. The second-order valence-electron chi connectivity index (χ2n) is 4.82. The van der Waals surface area contributed by atoms with Gasteiger partial charge in [-0.05, 0) is 12.1 Å². The second-order valence-corrected chi connectivity index (χ2v) is 5.93. The molecule has 1 saturated heterocycles. The highest BCUT2D eigenvalue weighted by molar-refractivity contribution is 7.18. The molecule has 2 aromatic rings. The van der Waals surface area contributed by atoms with Crippen LogP contribution in [0.3, 0.4) is 0 Å². The van der Waals surface area contributed by atoms with Crippen LogP contribution in [0.15, 0.2) is 24.3 Å². The number of carbonyl (C=O) groups excluding carboxylic acids is 1. The van der Waals surface area contributed by atoms with E-state index in [4.69, 9.17) is 0 Å². The first-order valence-electron chi connectivity index (χ1n) is 6.58. The fourth-order valence-electron chi connectivity index (χ4n) is 2.41. The lowest BCUT2D eigenvalue weighted by atomic mass is 10.3. The van der Waals surface area contributed by atoms with Crippen molar-refractivity contribution in [3.63, 3.8) is 0 Å². The standard InChI is InChI=1S/C14H17N3OS/c18-10-9-16-5-7-17(8-6-16)11-14-15-12-3-1-2-4-13(12)19-14/h1-4,10H,5-9,11H2. The molecule has 19 heavy (non-hydrogen) atoms. The van der Waals surface area contributed by atoms with Gasteiger partial charge in [-0.2, -0.15) is 0 Å². The predicted molar refractivity (Wildman–Crippen MR) is 77.4 cm³/mol. The summed E-state index contributed by atoms with van der Waals surface area (Å²) in [5.74, 6) is 0. The van der Waals surface area contributed by atoms with Crippen LogP contribution in [-0.4, -0.2) is 53.8 Å². The number of piperazine rings is 1. The van der Waals surface area contributed by atoms with E-state index in [1.165, 1.54) is 9.71 Å². The third-order valence-corrected chi connectivity index (χ3v) is 4.52. The number of carbonyl (C=O) groups is 1. The van der Waals surface area contributed by atoms with E-state index in [0.717, 1.165) is 44.5 Å². The van der Waals surface area contributed by atoms with Gasteiger partial charge in [0.2, 0.25) is 0 Å². The third kappa shape index (κ3) is 3.00. The normalized spacial score (nSPS) is 17.9. The van der Waals surface area contributed by atoms with Crippen LogP contribution >= 0.6 is 11.3 Å². The van der Waals surface area contributed by atoms with Gasteiger partial charge < -0.3 is 4.79 Å². The minimum absolute atomic E-state index is 0.564. The second kappa shape index (κ2) is 5.77. The van der Waals surface area contributed by atoms with E-state index in [1.54, 1.807) is 11.3 Å². The Morgan fingerprint density at radius 3 is 2.63 bits per heavy atom. The zero-order valence-corrected chi connectivity index (χ0v) is 11.6. The van der Waals surface area contributed by atoms with Gasteiger partial charge in [0.05, 0.1) is 23.3 Å². The Morgan fingerprint density at radius 1 is 1.16 bits per heavy atom. The molecule has 0 amide bonds. The summed E-state index contributed by atoms with van der Waals surface area (Å²) in [7, 11) is 0. The van der Waals surface area contributed by atoms with Gasteiger partial charge in [0, 0.05) is 26.2 Å². The molecule has 0 saturated carbocycles. The maximum Gasteiger partial charge on any atom is 0.133 e. The predicted octanol–water partition coefficient (Wildman–Crippen LogP) is 1.61. The maximum atomic E-state index is 10.5. The fraction of sp³-hybridized carbons (Fsp3) is 0.429. The van der Waals surface area contributed by atoms with Gasteiger partial charge in [0.1, 0.15) is 11.3 Å². The molecule has 5 heteroatoms. The van der Waals surface area contributed by atoms with E-state index in [2.05, 4.69) is 33.0 Å². The van der Waals surface area contributed by atoms with Crippen molar-refractivity contribution in [2.45, 2.75) is 6.54 Å². The molecule has 1 aromatic carbocycles. The first-order valence-corrected chi connectivity index (χ1v) is 7.39.